The zero-order valence-electron chi connectivity index (χ0n) is 15.1. The summed E-state index contributed by atoms with van der Waals surface area (Å²) in [6.45, 7) is 4.26. The van der Waals surface area contributed by atoms with Crippen LogP contribution in [0.5, 0.6) is 0 Å². The molecule has 0 radical (unpaired) electrons. The zero-order valence-corrected chi connectivity index (χ0v) is 15.1. The predicted octanol–water partition coefficient (Wildman–Crippen LogP) is 2.52. The first-order valence-electron chi connectivity index (χ1n) is 8.95. The number of amides is 2. The minimum atomic E-state index is -0.793. The average molecular weight is 356 g/mol. The van der Waals surface area contributed by atoms with Crippen molar-refractivity contribution in [2.45, 2.75) is 32.7 Å². The first kappa shape index (κ1) is 18.2. The SMILES string of the molecule is CC(=O)N1C=Cc2ccccc2C1CC(=O)N1CCC(C(=O)O)C(C)C1. The molecule has 3 rings (SSSR count). The summed E-state index contributed by atoms with van der Waals surface area (Å²) in [5.74, 6) is -1.41. The molecular weight excluding hydrogens is 332 g/mol. The van der Waals surface area contributed by atoms with E-state index in [0.29, 0.717) is 19.5 Å². The second-order valence-electron chi connectivity index (χ2n) is 7.14. The van der Waals surface area contributed by atoms with E-state index in [0.717, 1.165) is 11.1 Å². The molecule has 1 aromatic carbocycles. The molecule has 2 amide bonds. The van der Waals surface area contributed by atoms with Crippen LogP contribution in [0.3, 0.4) is 0 Å². The van der Waals surface area contributed by atoms with Crippen LogP contribution < -0.4 is 0 Å². The summed E-state index contributed by atoms with van der Waals surface area (Å²) in [5.41, 5.74) is 1.98. The average Bonchev–Trinajstić information content (AvgIpc) is 2.61. The Kier molecular flexibility index (Phi) is 5.11. The Morgan fingerprint density at radius 3 is 2.62 bits per heavy atom. The first-order chi connectivity index (χ1) is 12.4. The van der Waals surface area contributed by atoms with Crippen LogP contribution in [0.2, 0.25) is 0 Å². The molecule has 0 saturated carbocycles. The number of nitrogens with zero attached hydrogens (tertiary/aromatic N) is 2. The molecule has 2 aliphatic heterocycles. The van der Waals surface area contributed by atoms with Crippen LogP contribution in [0, 0.1) is 11.8 Å². The summed E-state index contributed by atoms with van der Waals surface area (Å²) >= 11 is 0. The van der Waals surface area contributed by atoms with Gasteiger partial charge in [-0.3, -0.25) is 14.4 Å². The van der Waals surface area contributed by atoms with E-state index in [2.05, 4.69) is 0 Å². The highest BCUT2D eigenvalue weighted by Gasteiger charge is 2.35. The zero-order chi connectivity index (χ0) is 18.8. The second-order valence-corrected chi connectivity index (χ2v) is 7.14. The smallest absolute Gasteiger partial charge is 0.306 e. The van der Waals surface area contributed by atoms with Gasteiger partial charge in [-0.15, -0.1) is 0 Å². The summed E-state index contributed by atoms with van der Waals surface area (Å²) < 4.78 is 0. The van der Waals surface area contributed by atoms with E-state index in [9.17, 15) is 19.5 Å². The Morgan fingerprint density at radius 1 is 1.23 bits per heavy atom. The molecule has 0 aliphatic carbocycles. The van der Waals surface area contributed by atoms with Crippen molar-refractivity contribution in [3.05, 3.63) is 41.6 Å². The van der Waals surface area contributed by atoms with Gasteiger partial charge in [-0.1, -0.05) is 31.2 Å². The fourth-order valence-electron chi connectivity index (χ4n) is 3.95. The molecule has 1 aromatic rings. The van der Waals surface area contributed by atoms with Gasteiger partial charge in [0.1, 0.15) is 0 Å². The van der Waals surface area contributed by atoms with Crippen molar-refractivity contribution in [3.8, 4) is 0 Å². The number of fused-ring (bicyclic) bond motifs is 1. The first-order valence-corrected chi connectivity index (χ1v) is 8.95. The molecule has 6 heteroatoms. The molecular formula is C20H24N2O4. The van der Waals surface area contributed by atoms with Gasteiger partial charge in [0.2, 0.25) is 11.8 Å². The van der Waals surface area contributed by atoms with E-state index < -0.39 is 11.9 Å². The van der Waals surface area contributed by atoms with Gasteiger partial charge in [-0.05, 0) is 29.5 Å². The Balaban J connectivity index is 1.76. The predicted molar refractivity (Wildman–Crippen MR) is 96.8 cm³/mol. The minimum absolute atomic E-state index is 0.0398. The van der Waals surface area contributed by atoms with Crippen molar-refractivity contribution in [1.29, 1.82) is 0 Å². The van der Waals surface area contributed by atoms with Gasteiger partial charge in [0, 0.05) is 26.2 Å². The molecule has 3 atom stereocenters. The monoisotopic (exact) mass is 356 g/mol. The molecule has 3 unspecified atom stereocenters. The van der Waals surface area contributed by atoms with E-state index in [4.69, 9.17) is 0 Å². The normalized spacial score (nSPS) is 24.9. The van der Waals surface area contributed by atoms with Crippen molar-refractivity contribution in [2.75, 3.05) is 13.1 Å². The molecule has 26 heavy (non-hydrogen) atoms. The van der Waals surface area contributed by atoms with E-state index in [1.54, 1.807) is 16.0 Å². The number of rotatable bonds is 3. The van der Waals surface area contributed by atoms with E-state index in [-0.39, 0.29) is 30.2 Å². The maximum Gasteiger partial charge on any atom is 0.306 e. The molecule has 0 spiro atoms. The Hall–Kier alpha value is -2.63. The van der Waals surface area contributed by atoms with Crippen molar-refractivity contribution in [1.82, 2.24) is 9.80 Å². The number of piperidine rings is 1. The van der Waals surface area contributed by atoms with Crippen LogP contribution in [-0.2, 0) is 14.4 Å². The molecule has 138 valence electrons. The molecule has 6 nitrogen and oxygen atoms in total. The fourth-order valence-corrected chi connectivity index (χ4v) is 3.95. The molecule has 1 N–H and O–H groups in total. The number of hydrogen-bond acceptors (Lipinski definition) is 3. The quantitative estimate of drug-likeness (QED) is 0.903. The third kappa shape index (κ3) is 3.49. The van der Waals surface area contributed by atoms with Crippen LogP contribution >= 0.6 is 0 Å². The van der Waals surface area contributed by atoms with Gasteiger partial charge < -0.3 is 14.9 Å². The Bertz CT molecular complexity index is 758. The number of carbonyl (C=O) groups is 3. The third-order valence-electron chi connectivity index (χ3n) is 5.41. The van der Waals surface area contributed by atoms with E-state index in [1.807, 2.05) is 37.3 Å². The van der Waals surface area contributed by atoms with Gasteiger partial charge in [0.25, 0.3) is 0 Å². The Labute approximate surface area is 153 Å². The second kappa shape index (κ2) is 7.32. The fraction of sp³-hybridized carbons (Fsp3) is 0.450. The van der Waals surface area contributed by atoms with Crippen LogP contribution in [0.15, 0.2) is 30.5 Å². The van der Waals surface area contributed by atoms with Gasteiger partial charge >= 0.3 is 5.97 Å². The summed E-state index contributed by atoms with van der Waals surface area (Å²) in [6, 6.07) is 7.44. The number of benzene rings is 1. The van der Waals surface area contributed by atoms with Gasteiger partial charge in [-0.2, -0.15) is 0 Å². The maximum absolute atomic E-state index is 12.9. The molecule has 0 bridgehead atoms. The lowest BCUT2D eigenvalue weighted by atomic mass is 9.86. The topological polar surface area (TPSA) is 77.9 Å². The number of likely N-dealkylation sites (tertiary alicyclic amines) is 1. The number of carboxylic acid groups (broad SMARTS) is 1. The summed E-state index contributed by atoms with van der Waals surface area (Å²) in [7, 11) is 0. The van der Waals surface area contributed by atoms with Crippen molar-refractivity contribution >= 4 is 23.9 Å². The standard InChI is InChI=1S/C20H24N2O4/c1-13-12-21(9-8-16(13)20(25)26)19(24)11-18-17-6-4-3-5-15(17)7-10-22(18)14(2)23/h3-7,10,13,16,18H,8-9,11-12H2,1-2H3,(H,25,26). The maximum atomic E-state index is 12.9. The van der Waals surface area contributed by atoms with Gasteiger partial charge in [0.15, 0.2) is 0 Å². The van der Waals surface area contributed by atoms with E-state index in [1.165, 1.54) is 6.92 Å². The number of aliphatic carboxylic acids is 1. The van der Waals surface area contributed by atoms with Crippen molar-refractivity contribution in [2.24, 2.45) is 11.8 Å². The number of carbonyl (C=O) groups excluding carboxylic acids is 2. The molecule has 1 fully saturated rings. The highest BCUT2D eigenvalue weighted by atomic mass is 16.4. The van der Waals surface area contributed by atoms with Crippen LogP contribution in [-0.4, -0.2) is 45.8 Å². The third-order valence-corrected chi connectivity index (χ3v) is 5.41. The van der Waals surface area contributed by atoms with Gasteiger partial charge in [-0.25, -0.2) is 0 Å². The van der Waals surface area contributed by atoms with Gasteiger partial charge in [0.05, 0.1) is 18.4 Å². The Morgan fingerprint density at radius 2 is 1.96 bits per heavy atom. The van der Waals surface area contributed by atoms with Crippen molar-refractivity contribution in [3.63, 3.8) is 0 Å². The lowest BCUT2D eigenvalue weighted by molar-refractivity contribution is -0.149. The molecule has 1 saturated heterocycles. The van der Waals surface area contributed by atoms with E-state index >= 15 is 0 Å². The van der Waals surface area contributed by atoms with Crippen molar-refractivity contribution < 1.29 is 19.5 Å². The number of hydrogen-bond donors (Lipinski definition) is 1. The summed E-state index contributed by atoms with van der Waals surface area (Å²) in [6.07, 6.45) is 4.30. The van der Waals surface area contributed by atoms with Crippen LogP contribution in [0.1, 0.15) is 43.9 Å². The largest absolute Gasteiger partial charge is 0.481 e. The lowest BCUT2D eigenvalue weighted by Crippen LogP contribution is -2.46. The molecule has 2 aliphatic rings. The minimum Gasteiger partial charge on any atom is -0.481 e. The summed E-state index contributed by atoms with van der Waals surface area (Å²) in [4.78, 5) is 39.5. The highest BCUT2D eigenvalue weighted by Crippen LogP contribution is 2.34. The lowest BCUT2D eigenvalue weighted by Gasteiger charge is -2.37. The van der Waals surface area contributed by atoms with Crippen LogP contribution in [0.25, 0.3) is 6.08 Å². The molecule has 2 heterocycles. The highest BCUT2D eigenvalue weighted by molar-refractivity contribution is 5.82. The summed E-state index contributed by atoms with van der Waals surface area (Å²) in [5, 5.41) is 9.24. The number of carboxylic acids is 1. The van der Waals surface area contributed by atoms with Crippen LogP contribution in [0.4, 0.5) is 0 Å². The molecule has 0 aromatic heterocycles.